The van der Waals surface area contributed by atoms with Gasteiger partial charge in [0.25, 0.3) is 7.82 Å². The first-order chi connectivity index (χ1) is 35.9. The molecular weight excluding hydrogens is 940 g/mol. The van der Waals surface area contributed by atoms with Crippen molar-refractivity contribution < 1.29 is 37.3 Å². The Kier molecular flexibility index (Phi) is 50.7. The molecule has 0 fully saturated rings. The van der Waals surface area contributed by atoms with E-state index >= 15 is 0 Å². The second-order valence-corrected chi connectivity index (χ2v) is 22.2. The van der Waals surface area contributed by atoms with Gasteiger partial charge in [-0.2, -0.15) is 0 Å². The van der Waals surface area contributed by atoms with Gasteiger partial charge in [0.05, 0.1) is 33.8 Å². The number of carbonyl (C=O) groups excluding carboxylic acids is 2. The third-order valence-electron chi connectivity index (χ3n) is 12.4. The van der Waals surface area contributed by atoms with Crippen molar-refractivity contribution in [3.63, 3.8) is 0 Å². The number of rotatable bonds is 52. The van der Waals surface area contributed by atoms with Gasteiger partial charge < -0.3 is 28.5 Å². The Morgan fingerprint density at radius 3 is 1.35 bits per heavy atom. The molecule has 0 aliphatic carbocycles. The molecule has 0 aromatic heterocycles. The zero-order chi connectivity index (χ0) is 54.3. The predicted molar refractivity (Wildman–Crippen MR) is 316 cm³/mol. The normalized spacial score (nSPS) is 14.5. The molecule has 10 heteroatoms. The first-order valence-corrected chi connectivity index (χ1v) is 31.2. The van der Waals surface area contributed by atoms with Crippen LogP contribution in [0.5, 0.6) is 0 Å². The average Bonchev–Trinajstić information content (AvgIpc) is 3.36. The van der Waals surface area contributed by atoms with Crippen molar-refractivity contribution in [2.75, 3.05) is 40.9 Å². The molecule has 424 valence electrons. The van der Waals surface area contributed by atoms with Crippen molar-refractivity contribution in [2.24, 2.45) is 0 Å². The van der Waals surface area contributed by atoms with Crippen molar-refractivity contribution in [3.05, 3.63) is 109 Å². The minimum atomic E-state index is -4.72. The minimum absolute atomic E-state index is 0.0408. The lowest BCUT2D eigenvalue weighted by atomic mass is 10.1. The van der Waals surface area contributed by atoms with Gasteiger partial charge >= 0.3 is 5.97 Å². The number of quaternary nitrogens is 1. The van der Waals surface area contributed by atoms with Crippen molar-refractivity contribution >= 4 is 19.7 Å². The number of unbranched alkanes of at least 4 members (excludes halogenated alkanes) is 20. The maximum Gasteiger partial charge on any atom is 0.306 e. The van der Waals surface area contributed by atoms with Crippen LogP contribution in [0.1, 0.15) is 233 Å². The van der Waals surface area contributed by atoms with Crippen molar-refractivity contribution in [2.45, 2.75) is 245 Å². The van der Waals surface area contributed by atoms with Gasteiger partial charge in [0, 0.05) is 12.8 Å². The molecule has 0 heterocycles. The highest BCUT2D eigenvalue weighted by atomic mass is 31.2. The van der Waals surface area contributed by atoms with E-state index in [0.717, 1.165) is 109 Å². The van der Waals surface area contributed by atoms with Crippen LogP contribution in [0.4, 0.5) is 0 Å². The van der Waals surface area contributed by atoms with Gasteiger partial charge in [0.2, 0.25) is 5.91 Å². The van der Waals surface area contributed by atoms with Crippen LogP contribution in [-0.2, 0) is 27.9 Å². The molecule has 1 amide bonds. The van der Waals surface area contributed by atoms with Crippen LogP contribution >= 0.6 is 7.82 Å². The van der Waals surface area contributed by atoms with Crippen LogP contribution < -0.4 is 10.2 Å². The number of hydrogen-bond acceptors (Lipinski definition) is 7. The number of nitrogens with one attached hydrogen (secondary N) is 1. The molecule has 1 N–H and O–H groups in total. The number of likely N-dealkylation sites (N-methyl/N-ethyl adjacent to an activating group) is 1. The quantitative estimate of drug-likeness (QED) is 0.0212. The Balaban J connectivity index is 5.43. The van der Waals surface area contributed by atoms with E-state index in [1.54, 1.807) is 0 Å². The largest absolute Gasteiger partial charge is 0.756 e. The SMILES string of the molecule is CC/C=C\C/C=C\C/C=C\C/C=C\C/C=C\CCCC(=O)NC(COP(=O)([O-])OCC[N+](C)(C)C)C(/C=C/CCCCCCCCCCCC)OC(=O)CCCCCCCC/C=C\C/C=C\C/C=C\CCCCC. The molecule has 3 atom stereocenters. The summed E-state index contributed by atoms with van der Waals surface area (Å²) in [5, 5.41) is 2.98. The lowest BCUT2D eigenvalue weighted by Gasteiger charge is -2.30. The molecule has 3 unspecified atom stereocenters. The van der Waals surface area contributed by atoms with Gasteiger partial charge in [-0.15, -0.1) is 0 Å². The first-order valence-electron chi connectivity index (χ1n) is 29.7. The number of carbonyl (C=O) groups is 2. The van der Waals surface area contributed by atoms with Gasteiger partial charge in [-0.25, -0.2) is 0 Å². The Morgan fingerprint density at radius 1 is 0.486 bits per heavy atom. The summed E-state index contributed by atoms with van der Waals surface area (Å²) in [7, 11) is 1.12. The van der Waals surface area contributed by atoms with E-state index in [0.29, 0.717) is 23.9 Å². The smallest absolute Gasteiger partial charge is 0.306 e. The summed E-state index contributed by atoms with van der Waals surface area (Å²) in [6, 6.07) is -0.930. The van der Waals surface area contributed by atoms with Crippen LogP contribution in [0.15, 0.2) is 109 Å². The number of phosphoric ester groups is 1. The van der Waals surface area contributed by atoms with E-state index in [1.165, 1.54) is 77.0 Å². The fourth-order valence-corrected chi connectivity index (χ4v) is 8.58. The summed E-state index contributed by atoms with van der Waals surface area (Å²) in [4.78, 5) is 39.9. The first kappa shape index (κ1) is 70.7. The molecule has 0 saturated heterocycles. The fourth-order valence-electron chi connectivity index (χ4n) is 7.86. The Bertz CT molecular complexity index is 1640. The predicted octanol–water partition coefficient (Wildman–Crippen LogP) is 17.5. The number of allylic oxidation sites excluding steroid dienone is 17. The molecule has 0 aromatic rings. The third-order valence-corrected chi connectivity index (χ3v) is 13.4. The topological polar surface area (TPSA) is 114 Å². The minimum Gasteiger partial charge on any atom is -0.756 e. The van der Waals surface area contributed by atoms with Crippen LogP contribution in [0, 0.1) is 0 Å². The van der Waals surface area contributed by atoms with Crippen LogP contribution in [0.2, 0.25) is 0 Å². The molecule has 74 heavy (non-hydrogen) atoms. The van der Waals surface area contributed by atoms with Crippen molar-refractivity contribution in [1.82, 2.24) is 5.32 Å². The summed E-state index contributed by atoms with van der Waals surface area (Å²) in [5.41, 5.74) is 0. The van der Waals surface area contributed by atoms with Crippen LogP contribution in [-0.4, -0.2) is 69.4 Å². The van der Waals surface area contributed by atoms with Gasteiger partial charge in [-0.1, -0.05) is 220 Å². The van der Waals surface area contributed by atoms with E-state index in [4.69, 9.17) is 13.8 Å². The lowest BCUT2D eigenvalue weighted by Crippen LogP contribution is -2.47. The van der Waals surface area contributed by atoms with E-state index in [-0.39, 0.29) is 31.3 Å². The number of esters is 1. The molecule has 0 bridgehead atoms. The summed E-state index contributed by atoms with van der Waals surface area (Å²) < 4.78 is 30.2. The molecule has 0 spiro atoms. The standard InChI is InChI=1S/C64H111N2O7P/c1-7-10-13-16-19-22-25-28-30-32-33-35-37-39-42-45-48-51-54-57-64(68)73-62(55-52-49-46-43-40-27-24-21-18-15-12-9-3)61(60-72-74(69,70)71-59-58-66(4,5)6)65-63(67)56-53-50-47-44-41-38-36-34-31-29-26-23-20-17-14-11-8-2/h11,14,19-20,22-23,28-31,33,35-36,38,44,47,52,55,61-62H,7-10,12-13,15-18,21,24-27,32,34,37,39-43,45-46,48-51,53-54,56-60H2,1-6H3,(H-,65,67,69,70)/b14-11-,22-19-,23-20-,30-28-,31-29-,35-33-,38-36-,47-44-,55-52+. The van der Waals surface area contributed by atoms with Crippen molar-refractivity contribution in [3.8, 4) is 0 Å². The molecule has 0 aliphatic heterocycles. The highest BCUT2D eigenvalue weighted by Gasteiger charge is 2.27. The Labute approximate surface area is 455 Å². The van der Waals surface area contributed by atoms with E-state index in [2.05, 4.69) is 123 Å². The van der Waals surface area contributed by atoms with Gasteiger partial charge in [-0.05, 0) is 109 Å². The molecule has 0 radical (unpaired) electrons. The van der Waals surface area contributed by atoms with E-state index in [1.807, 2.05) is 33.3 Å². The molecular formula is C64H111N2O7P. The maximum atomic E-state index is 13.5. The van der Waals surface area contributed by atoms with Gasteiger partial charge in [0.15, 0.2) is 0 Å². The van der Waals surface area contributed by atoms with Gasteiger partial charge in [0.1, 0.15) is 19.3 Å². The van der Waals surface area contributed by atoms with E-state index in [9.17, 15) is 19.0 Å². The second kappa shape index (κ2) is 53.1. The van der Waals surface area contributed by atoms with E-state index < -0.39 is 26.6 Å². The number of ether oxygens (including phenoxy) is 1. The fraction of sp³-hybridized carbons (Fsp3) is 0.688. The summed E-state index contributed by atoms with van der Waals surface area (Å²) in [6.45, 7) is 6.63. The van der Waals surface area contributed by atoms with Crippen LogP contribution in [0.25, 0.3) is 0 Å². The van der Waals surface area contributed by atoms with Crippen LogP contribution in [0.3, 0.4) is 0 Å². The Morgan fingerprint density at radius 2 is 0.878 bits per heavy atom. The summed E-state index contributed by atoms with van der Waals surface area (Å²) in [5.74, 6) is -0.631. The Hall–Kier alpha value is -3.33. The molecule has 9 nitrogen and oxygen atoms in total. The monoisotopic (exact) mass is 1050 g/mol. The molecule has 0 rings (SSSR count). The lowest BCUT2D eigenvalue weighted by molar-refractivity contribution is -0.870. The third kappa shape index (κ3) is 53.5. The molecule has 0 aliphatic rings. The summed E-state index contributed by atoms with van der Waals surface area (Å²) in [6.07, 6.45) is 72.0. The van der Waals surface area contributed by atoms with Gasteiger partial charge in [-0.3, -0.25) is 14.2 Å². The number of nitrogens with zero attached hydrogens (tertiary/aromatic N) is 1. The number of phosphoric acid groups is 1. The maximum absolute atomic E-state index is 13.5. The summed E-state index contributed by atoms with van der Waals surface area (Å²) >= 11 is 0. The molecule has 0 saturated carbocycles. The number of hydrogen-bond donors (Lipinski definition) is 1. The highest BCUT2D eigenvalue weighted by molar-refractivity contribution is 7.45. The number of amides is 1. The van der Waals surface area contributed by atoms with Crippen molar-refractivity contribution in [1.29, 1.82) is 0 Å². The average molecular weight is 1050 g/mol. The second-order valence-electron chi connectivity index (χ2n) is 20.8. The molecule has 0 aromatic carbocycles. The zero-order valence-electron chi connectivity index (χ0n) is 48.3. The zero-order valence-corrected chi connectivity index (χ0v) is 49.1. The highest BCUT2D eigenvalue weighted by Crippen LogP contribution is 2.38.